The highest BCUT2D eigenvalue weighted by Crippen LogP contribution is 2.28. The lowest BCUT2D eigenvalue weighted by Crippen LogP contribution is -2.11. The van der Waals surface area contributed by atoms with E-state index in [-0.39, 0.29) is 10.6 Å². The van der Waals surface area contributed by atoms with Gasteiger partial charge in [-0.2, -0.15) is 0 Å². The average molecular weight is 300 g/mol. The summed E-state index contributed by atoms with van der Waals surface area (Å²) in [5.74, 6) is 0. The van der Waals surface area contributed by atoms with Crippen molar-refractivity contribution in [2.24, 2.45) is 4.99 Å². The molecule has 0 aliphatic heterocycles. The zero-order chi connectivity index (χ0) is 14.9. The van der Waals surface area contributed by atoms with Crippen LogP contribution < -0.4 is 0 Å². The van der Waals surface area contributed by atoms with Crippen LogP contribution >= 0.6 is 0 Å². The zero-order valence-corrected chi connectivity index (χ0v) is 12.1. The normalized spacial score (nSPS) is 16.7. The molecule has 0 fully saturated rings. The van der Waals surface area contributed by atoms with Crippen molar-refractivity contribution in [3.63, 3.8) is 0 Å². The van der Waals surface area contributed by atoms with Crippen molar-refractivity contribution in [2.75, 3.05) is 0 Å². The summed E-state index contributed by atoms with van der Waals surface area (Å²) in [6.45, 7) is 0. The van der Waals surface area contributed by atoms with E-state index < -0.39 is 10.1 Å². The molecule has 0 unspecified atom stereocenters. The van der Waals surface area contributed by atoms with Crippen LogP contribution in [0.2, 0.25) is 0 Å². The molecule has 2 aromatic carbocycles. The van der Waals surface area contributed by atoms with Gasteiger partial charge in [0.05, 0.1) is 10.6 Å². The molecule has 4 nitrogen and oxygen atoms in total. The maximum Gasteiger partial charge on any atom is 0.126 e. The Morgan fingerprint density at radius 1 is 0.952 bits per heavy atom. The molecule has 0 heterocycles. The van der Waals surface area contributed by atoms with Crippen LogP contribution in [0, 0.1) is 0 Å². The first-order valence-electron chi connectivity index (χ1n) is 6.76. The highest BCUT2D eigenvalue weighted by atomic mass is 32.2. The third kappa shape index (κ3) is 2.89. The molecule has 1 aliphatic rings. The summed E-state index contributed by atoms with van der Waals surface area (Å²) in [7, 11) is -4.52. The topological polar surface area (TPSA) is 69.6 Å². The first-order valence-corrected chi connectivity index (χ1v) is 8.17. The van der Waals surface area contributed by atoms with Crippen molar-refractivity contribution in [2.45, 2.75) is 24.2 Å². The Balaban J connectivity index is 2.13. The van der Waals surface area contributed by atoms with E-state index >= 15 is 0 Å². The van der Waals surface area contributed by atoms with Gasteiger partial charge in [-0.15, -0.1) is 0 Å². The first kappa shape index (κ1) is 14.0. The molecule has 0 spiro atoms. The second kappa shape index (κ2) is 5.42. The smallest absolute Gasteiger partial charge is 0.126 e. The van der Waals surface area contributed by atoms with E-state index in [2.05, 4.69) is 11.1 Å². The fourth-order valence-electron chi connectivity index (χ4n) is 2.62. The number of aryl methyl sites for hydroxylation is 1. The molecule has 21 heavy (non-hydrogen) atoms. The largest absolute Gasteiger partial charge is 0.744 e. The monoisotopic (exact) mass is 300 g/mol. The van der Waals surface area contributed by atoms with Crippen LogP contribution in [0.5, 0.6) is 0 Å². The summed E-state index contributed by atoms with van der Waals surface area (Å²) in [6, 6.07) is 14.0. The Morgan fingerprint density at radius 2 is 1.67 bits per heavy atom. The molecule has 0 saturated heterocycles. The van der Waals surface area contributed by atoms with E-state index in [0.29, 0.717) is 0 Å². The lowest BCUT2D eigenvalue weighted by molar-refractivity contribution is 0.463. The molecule has 0 radical (unpaired) electrons. The van der Waals surface area contributed by atoms with Gasteiger partial charge in [-0.1, -0.05) is 36.4 Å². The summed E-state index contributed by atoms with van der Waals surface area (Å²) in [4.78, 5) is 4.20. The second-order valence-electron chi connectivity index (χ2n) is 4.99. The molecular weight excluding hydrogens is 286 g/mol. The first-order chi connectivity index (χ1) is 10.1. The van der Waals surface area contributed by atoms with Gasteiger partial charge in [0.2, 0.25) is 0 Å². The molecular formula is C16H14NO3S-. The third-order valence-electron chi connectivity index (χ3n) is 3.58. The molecule has 0 bridgehead atoms. The Morgan fingerprint density at radius 3 is 2.48 bits per heavy atom. The lowest BCUT2D eigenvalue weighted by Gasteiger charge is -2.18. The number of hydrogen-bond acceptors (Lipinski definition) is 4. The van der Waals surface area contributed by atoms with Gasteiger partial charge in [0.25, 0.3) is 0 Å². The van der Waals surface area contributed by atoms with E-state index in [4.69, 9.17) is 0 Å². The summed E-state index contributed by atoms with van der Waals surface area (Å²) >= 11 is 0. The number of para-hydroxylation sites is 1. The van der Waals surface area contributed by atoms with Crippen molar-refractivity contribution in [1.29, 1.82) is 0 Å². The molecule has 5 heteroatoms. The maximum atomic E-state index is 11.3. The van der Waals surface area contributed by atoms with Gasteiger partial charge in [-0.3, -0.25) is 4.99 Å². The molecule has 0 atom stereocenters. The van der Waals surface area contributed by atoms with Crippen molar-refractivity contribution in [1.82, 2.24) is 0 Å². The molecule has 2 aromatic rings. The van der Waals surface area contributed by atoms with E-state index in [1.54, 1.807) is 12.1 Å². The zero-order valence-electron chi connectivity index (χ0n) is 11.3. The van der Waals surface area contributed by atoms with Crippen LogP contribution in [0.4, 0.5) is 5.69 Å². The summed E-state index contributed by atoms with van der Waals surface area (Å²) in [6.07, 6.45) is 2.75. The number of rotatable bonds is 2. The third-order valence-corrected chi connectivity index (χ3v) is 4.46. The number of aliphatic imine (C=N–C) groups is 1. The molecule has 108 valence electrons. The predicted molar refractivity (Wildman–Crippen MR) is 80.0 cm³/mol. The van der Waals surface area contributed by atoms with Crippen molar-refractivity contribution in [3.05, 3.63) is 59.7 Å². The minimum absolute atomic E-state index is 0.221. The fraction of sp³-hybridized carbons (Fsp3) is 0.188. The van der Waals surface area contributed by atoms with Crippen LogP contribution in [0.25, 0.3) is 0 Å². The van der Waals surface area contributed by atoms with Crippen LogP contribution in [0.15, 0.2) is 58.4 Å². The summed E-state index contributed by atoms with van der Waals surface area (Å²) < 4.78 is 33.9. The Labute approximate surface area is 123 Å². The highest BCUT2D eigenvalue weighted by molar-refractivity contribution is 7.86. The minimum Gasteiger partial charge on any atom is -0.744 e. The van der Waals surface area contributed by atoms with Gasteiger partial charge in [0, 0.05) is 5.71 Å². The maximum absolute atomic E-state index is 11.3. The fourth-order valence-corrected chi connectivity index (χ4v) is 3.24. The van der Waals surface area contributed by atoms with Crippen LogP contribution in [0.1, 0.15) is 24.0 Å². The molecule has 0 aromatic heterocycles. The summed E-state index contributed by atoms with van der Waals surface area (Å²) in [5.41, 5.74) is 3.32. The predicted octanol–water partition coefficient (Wildman–Crippen LogP) is 3.05. The van der Waals surface area contributed by atoms with E-state index in [9.17, 15) is 13.0 Å². The Hall–Kier alpha value is -1.98. The van der Waals surface area contributed by atoms with Crippen LogP contribution in [0.3, 0.4) is 0 Å². The van der Waals surface area contributed by atoms with Gasteiger partial charge < -0.3 is 4.55 Å². The Bertz CT molecular complexity index is 810. The van der Waals surface area contributed by atoms with Gasteiger partial charge in [-0.05, 0) is 42.5 Å². The molecule has 0 amide bonds. The molecule has 0 N–H and O–H groups in total. The van der Waals surface area contributed by atoms with E-state index in [1.807, 2.05) is 18.2 Å². The molecule has 0 saturated carbocycles. The van der Waals surface area contributed by atoms with Gasteiger partial charge >= 0.3 is 0 Å². The van der Waals surface area contributed by atoms with Crippen molar-refractivity contribution < 1.29 is 13.0 Å². The summed E-state index contributed by atoms with van der Waals surface area (Å²) in [5, 5.41) is 0. The van der Waals surface area contributed by atoms with Gasteiger partial charge in [0.15, 0.2) is 0 Å². The number of benzene rings is 2. The second-order valence-corrected chi connectivity index (χ2v) is 6.34. The van der Waals surface area contributed by atoms with E-state index in [0.717, 1.165) is 30.5 Å². The highest BCUT2D eigenvalue weighted by Gasteiger charge is 2.16. The molecule has 3 rings (SSSR count). The molecule has 1 aliphatic carbocycles. The SMILES string of the molecule is O=S(=O)([O-])c1ccccc1N=C1CCCc2ccccc21. The standard InChI is InChI=1S/C16H15NO3S/c18-21(19,20)16-11-4-3-9-15(16)17-14-10-5-7-12-6-1-2-8-13(12)14/h1-4,6,8-9,11H,5,7,10H2,(H,18,19,20)/p-1. The van der Waals surface area contributed by atoms with Gasteiger partial charge in [-0.25, -0.2) is 8.42 Å². The van der Waals surface area contributed by atoms with Crippen molar-refractivity contribution in [3.8, 4) is 0 Å². The van der Waals surface area contributed by atoms with Crippen LogP contribution in [-0.2, 0) is 16.5 Å². The quantitative estimate of drug-likeness (QED) is 0.800. The van der Waals surface area contributed by atoms with Crippen LogP contribution in [-0.4, -0.2) is 18.7 Å². The number of hydrogen-bond donors (Lipinski definition) is 0. The Kier molecular flexibility index (Phi) is 3.61. The lowest BCUT2D eigenvalue weighted by atomic mass is 9.90. The van der Waals surface area contributed by atoms with Gasteiger partial charge in [0.1, 0.15) is 10.1 Å². The minimum atomic E-state index is -4.52. The number of nitrogens with zero attached hydrogens (tertiary/aromatic N) is 1. The van der Waals surface area contributed by atoms with Crippen molar-refractivity contribution >= 4 is 21.5 Å². The van der Waals surface area contributed by atoms with E-state index in [1.165, 1.54) is 17.7 Å². The number of fused-ring (bicyclic) bond motifs is 1. The average Bonchev–Trinajstić information content (AvgIpc) is 2.47.